The van der Waals surface area contributed by atoms with Gasteiger partial charge in [0.05, 0.1) is 5.56 Å². The van der Waals surface area contributed by atoms with Crippen LogP contribution in [0.1, 0.15) is 41.3 Å². The Labute approximate surface area is 136 Å². The van der Waals surface area contributed by atoms with Gasteiger partial charge in [0.2, 0.25) is 0 Å². The van der Waals surface area contributed by atoms with E-state index in [-0.39, 0.29) is 5.91 Å². The minimum absolute atomic E-state index is 0.139. The molecular weight excluding hydrogens is 286 g/mol. The summed E-state index contributed by atoms with van der Waals surface area (Å²) in [5.41, 5.74) is 4.63. The second-order valence-corrected chi connectivity index (χ2v) is 6.25. The number of fused-ring (bicyclic) bond motifs is 1. The molecule has 4 heteroatoms. The summed E-state index contributed by atoms with van der Waals surface area (Å²) in [5.74, 6) is 0.340. The molecule has 2 heterocycles. The van der Waals surface area contributed by atoms with Gasteiger partial charge in [-0.1, -0.05) is 26.0 Å². The molecular formula is C19H21N3O. The third-order valence-electron chi connectivity index (χ3n) is 4.11. The zero-order valence-electron chi connectivity index (χ0n) is 13.9. The molecule has 0 radical (unpaired) electrons. The van der Waals surface area contributed by atoms with Gasteiger partial charge in [0.1, 0.15) is 5.65 Å². The first-order valence-corrected chi connectivity index (χ1v) is 7.78. The van der Waals surface area contributed by atoms with Gasteiger partial charge in [-0.05, 0) is 42.2 Å². The number of rotatable bonds is 3. The van der Waals surface area contributed by atoms with Crippen LogP contribution in [0.25, 0.3) is 11.0 Å². The fourth-order valence-electron chi connectivity index (χ4n) is 2.73. The Morgan fingerprint density at radius 3 is 2.57 bits per heavy atom. The molecule has 1 aromatic carbocycles. The lowest BCUT2D eigenvalue weighted by atomic mass is 10.0. The van der Waals surface area contributed by atoms with E-state index in [2.05, 4.69) is 24.1 Å². The summed E-state index contributed by atoms with van der Waals surface area (Å²) in [6.07, 6.45) is 3.64. The van der Waals surface area contributed by atoms with Crippen molar-refractivity contribution >= 4 is 22.6 Å². The van der Waals surface area contributed by atoms with Crippen LogP contribution in [0.3, 0.4) is 0 Å². The van der Waals surface area contributed by atoms with Gasteiger partial charge in [0, 0.05) is 30.5 Å². The lowest BCUT2D eigenvalue weighted by molar-refractivity contribution is 0.102. The summed E-state index contributed by atoms with van der Waals surface area (Å²) in [6.45, 7) is 6.32. The molecule has 23 heavy (non-hydrogen) atoms. The number of pyridine rings is 1. The van der Waals surface area contributed by atoms with Gasteiger partial charge in [-0.2, -0.15) is 0 Å². The van der Waals surface area contributed by atoms with E-state index in [1.807, 2.05) is 55.1 Å². The minimum Gasteiger partial charge on any atom is -0.335 e. The average molecular weight is 307 g/mol. The van der Waals surface area contributed by atoms with Crippen molar-refractivity contribution in [1.82, 2.24) is 9.55 Å². The van der Waals surface area contributed by atoms with Crippen molar-refractivity contribution in [3.05, 3.63) is 59.4 Å². The van der Waals surface area contributed by atoms with Gasteiger partial charge < -0.3 is 9.88 Å². The van der Waals surface area contributed by atoms with Gasteiger partial charge >= 0.3 is 0 Å². The molecule has 0 unspecified atom stereocenters. The van der Waals surface area contributed by atoms with E-state index in [0.717, 1.165) is 22.3 Å². The molecule has 0 atom stereocenters. The van der Waals surface area contributed by atoms with Crippen molar-refractivity contribution in [2.24, 2.45) is 7.05 Å². The van der Waals surface area contributed by atoms with Crippen LogP contribution in [0.2, 0.25) is 0 Å². The molecule has 0 aliphatic rings. The molecule has 4 nitrogen and oxygen atoms in total. The van der Waals surface area contributed by atoms with Gasteiger partial charge in [0.25, 0.3) is 5.91 Å². The molecule has 0 aliphatic heterocycles. The normalized spacial score (nSPS) is 11.2. The monoisotopic (exact) mass is 307 g/mol. The summed E-state index contributed by atoms with van der Waals surface area (Å²) in [4.78, 5) is 16.8. The van der Waals surface area contributed by atoms with E-state index >= 15 is 0 Å². The zero-order chi connectivity index (χ0) is 16.6. The Morgan fingerprint density at radius 1 is 1.22 bits per heavy atom. The smallest absolute Gasteiger partial charge is 0.257 e. The quantitative estimate of drug-likeness (QED) is 0.786. The first-order valence-electron chi connectivity index (χ1n) is 7.78. The largest absolute Gasteiger partial charge is 0.335 e. The van der Waals surface area contributed by atoms with Crippen LogP contribution in [0.15, 0.2) is 42.7 Å². The molecule has 0 saturated carbocycles. The van der Waals surface area contributed by atoms with Gasteiger partial charge in [-0.3, -0.25) is 4.79 Å². The number of carbonyl (C=O) groups excluding carboxylic acids is 1. The topological polar surface area (TPSA) is 46.9 Å². The molecule has 0 spiro atoms. The maximum absolute atomic E-state index is 12.4. The third-order valence-corrected chi connectivity index (χ3v) is 4.11. The van der Waals surface area contributed by atoms with Crippen LogP contribution < -0.4 is 5.32 Å². The molecule has 0 fully saturated rings. The molecule has 1 N–H and O–H groups in total. The third kappa shape index (κ3) is 2.97. The van der Waals surface area contributed by atoms with Crippen LogP contribution in [-0.4, -0.2) is 15.5 Å². The number of hydrogen-bond donors (Lipinski definition) is 1. The first kappa shape index (κ1) is 15.3. The Balaban J connectivity index is 1.84. The van der Waals surface area contributed by atoms with Crippen LogP contribution in [0.4, 0.5) is 5.69 Å². The number of aryl methyl sites for hydroxylation is 2. The fraction of sp³-hybridized carbons (Fsp3) is 0.263. The summed E-state index contributed by atoms with van der Waals surface area (Å²) in [5, 5.41) is 3.94. The molecule has 3 aromatic rings. The van der Waals surface area contributed by atoms with E-state index < -0.39 is 0 Å². The predicted octanol–water partition coefficient (Wildman–Crippen LogP) is 4.26. The number of nitrogens with zero attached hydrogens (tertiary/aromatic N) is 2. The number of anilines is 1. The predicted molar refractivity (Wildman–Crippen MR) is 93.9 cm³/mol. The maximum Gasteiger partial charge on any atom is 0.257 e. The number of nitrogens with one attached hydrogen (secondary N) is 1. The van der Waals surface area contributed by atoms with Crippen LogP contribution in [0.5, 0.6) is 0 Å². The summed E-state index contributed by atoms with van der Waals surface area (Å²) < 4.78 is 1.97. The Morgan fingerprint density at radius 2 is 1.91 bits per heavy atom. The van der Waals surface area contributed by atoms with Gasteiger partial charge in [-0.15, -0.1) is 0 Å². The van der Waals surface area contributed by atoms with Crippen molar-refractivity contribution in [2.45, 2.75) is 26.7 Å². The number of aromatic nitrogens is 2. The van der Waals surface area contributed by atoms with Crippen LogP contribution in [0, 0.1) is 6.92 Å². The minimum atomic E-state index is -0.139. The molecule has 0 aliphatic carbocycles. The van der Waals surface area contributed by atoms with Crippen molar-refractivity contribution in [3.8, 4) is 0 Å². The second-order valence-electron chi connectivity index (χ2n) is 6.25. The number of benzene rings is 1. The summed E-state index contributed by atoms with van der Waals surface area (Å²) >= 11 is 0. The lowest BCUT2D eigenvalue weighted by Crippen LogP contribution is -2.12. The van der Waals surface area contributed by atoms with Gasteiger partial charge in [0.15, 0.2) is 0 Å². The van der Waals surface area contributed by atoms with E-state index in [4.69, 9.17) is 0 Å². The molecule has 0 saturated heterocycles. The van der Waals surface area contributed by atoms with E-state index in [1.54, 1.807) is 6.20 Å². The highest BCUT2D eigenvalue weighted by Crippen LogP contribution is 2.21. The standard InChI is InChI=1S/C19H21N3O/c1-12(2)14-5-7-16(8-6-14)21-19(23)15-9-17-13(3)11-22(4)18(17)20-10-15/h5-12H,1-4H3,(H,21,23). The van der Waals surface area contributed by atoms with Crippen molar-refractivity contribution < 1.29 is 4.79 Å². The van der Waals surface area contributed by atoms with E-state index in [1.165, 1.54) is 5.56 Å². The molecule has 118 valence electrons. The SMILES string of the molecule is Cc1cn(C)c2ncc(C(=O)Nc3ccc(C(C)C)cc3)cc12. The molecule has 0 bridgehead atoms. The number of amides is 1. The maximum atomic E-state index is 12.4. The fourth-order valence-corrected chi connectivity index (χ4v) is 2.73. The Kier molecular flexibility index (Phi) is 3.90. The second kappa shape index (κ2) is 5.88. The highest BCUT2D eigenvalue weighted by Gasteiger charge is 2.11. The summed E-state index contributed by atoms with van der Waals surface area (Å²) in [7, 11) is 1.96. The zero-order valence-corrected chi connectivity index (χ0v) is 13.9. The van der Waals surface area contributed by atoms with Crippen LogP contribution in [-0.2, 0) is 7.05 Å². The number of hydrogen-bond acceptors (Lipinski definition) is 2. The lowest BCUT2D eigenvalue weighted by Gasteiger charge is -2.08. The first-order chi connectivity index (χ1) is 11.0. The van der Waals surface area contributed by atoms with E-state index in [0.29, 0.717) is 11.5 Å². The van der Waals surface area contributed by atoms with Crippen LogP contribution >= 0.6 is 0 Å². The highest BCUT2D eigenvalue weighted by atomic mass is 16.1. The molecule has 2 aromatic heterocycles. The summed E-state index contributed by atoms with van der Waals surface area (Å²) in [6, 6.07) is 9.86. The molecule has 1 amide bonds. The number of carbonyl (C=O) groups is 1. The van der Waals surface area contributed by atoms with Crippen molar-refractivity contribution in [2.75, 3.05) is 5.32 Å². The van der Waals surface area contributed by atoms with Crippen molar-refractivity contribution in [1.29, 1.82) is 0 Å². The Hall–Kier alpha value is -2.62. The van der Waals surface area contributed by atoms with Crippen molar-refractivity contribution in [3.63, 3.8) is 0 Å². The Bertz CT molecular complexity index is 860. The molecule has 3 rings (SSSR count). The highest BCUT2D eigenvalue weighted by molar-refractivity contribution is 6.05. The van der Waals surface area contributed by atoms with Gasteiger partial charge in [-0.25, -0.2) is 4.98 Å². The average Bonchev–Trinajstić information content (AvgIpc) is 2.82. The van der Waals surface area contributed by atoms with E-state index in [9.17, 15) is 4.79 Å².